The molecule has 0 radical (unpaired) electrons. The van der Waals surface area contributed by atoms with Crippen LogP contribution in [0.1, 0.15) is 46.0 Å². The second-order valence-electron chi connectivity index (χ2n) is 8.62. The molecule has 3 fully saturated rings. The Morgan fingerprint density at radius 3 is 2.56 bits per heavy atom. The van der Waals surface area contributed by atoms with Crippen molar-refractivity contribution in [2.45, 2.75) is 46.0 Å². The number of carbonyl (C=O) groups is 2. The lowest BCUT2D eigenvalue weighted by atomic mass is 9.77. The van der Waals surface area contributed by atoms with Gasteiger partial charge >= 0.3 is 6.03 Å². The van der Waals surface area contributed by atoms with Gasteiger partial charge in [-0.25, -0.2) is 4.79 Å². The fraction of sp³-hybridized carbons (Fsp3) is 0.895. The fourth-order valence-corrected chi connectivity index (χ4v) is 4.45. The largest absolute Gasteiger partial charge is 0.342 e. The molecule has 25 heavy (non-hydrogen) atoms. The third-order valence-electron chi connectivity index (χ3n) is 6.19. The van der Waals surface area contributed by atoms with Crippen molar-refractivity contribution in [2.24, 2.45) is 17.3 Å². The fourth-order valence-electron chi connectivity index (χ4n) is 4.45. The molecule has 1 spiro atoms. The molecule has 0 aromatic heterocycles. The van der Waals surface area contributed by atoms with Gasteiger partial charge in [0.05, 0.1) is 5.92 Å². The SMILES string of the molecule is CC(C)CNC(=O)N1CCCC(C(=O)N2CCC3(CCNC3)CC2)C1. The lowest BCUT2D eigenvalue weighted by molar-refractivity contribution is -0.139. The number of nitrogens with zero attached hydrogens (tertiary/aromatic N) is 2. The molecule has 3 amide bonds. The molecule has 0 aromatic rings. The average molecular weight is 351 g/mol. The normalized spacial score (nSPS) is 26.3. The second-order valence-corrected chi connectivity index (χ2v) is 8.62. The highest BCUT2D eigenvalue weighted by molar-refractivity contribution is 5.81. The van der Waals surface area contributed by atoms with Crippen LogP contribution in [0.4, 0.5) is 4.79 Å². The zero-order chi connectivity index (χ0) is 17.9. The Bertz CT molecular complexity index is 478. The predicted molar refractivity (Wildman–Crippen MR) is 98.3 cm³/mol. The Balaban J connectivity index is 1.49. The predicted octanol–water partition coefficient (Wildman–Crippen LogP) is 1.67. The van der Waals surface area contributed by atoms with Gasteiger partial charge < -0.3 is 20.4 Å². The van der Waals surface area contributed by atoms with E-state index in [-0.39, 0.29) is 17.9 Å². The minimum atomic E-state index is -0.0192. The molecular weight excluding hydrogens is 316 g/mol. The third-order valence-corrected chi connectivity index (χ3v) is 6.19. The number of piperidine rings is 2. The van der Waals surface area contributed by atoms with Gasteiger partial charge in [0.25, 0.3) is 0 Å². The summed E-state index contributed by atoms with van der Waals surface area (Å²) in [4.78, 5) is 29.1. The number of hydrogen-bond acceptors (Lipinski definition) is 3. The van der Waals surface area contributed by atoms with Gasteiger partial charge in [-0.15, -0.1) is 0 Å². The molecule has 1 atom stereocenters. The van der Waals surface area contributed by atoms with E-state index in [1.54, 1.807) is 0 Å². The number of carbonyl (C=O) groups excluding carboxylic acids is 2. The first-order valence-corrected chi connectivity index (χ1v) is 10.0. The summed E-state index contributed by atoms with van der Waals surface area (Å²) < 4.78 is 0. The molecule has 0 saturated carbocycles. The van der Waals surface area contributed by atoms with Crippen molar-refractivity contribution in [1.82, 2.24) is 20.4 Å². The van der Waals surface area contributed by atoms with Crippen LogP contribution in [0.5, 0.6) is 0 Å². The van der Waals surface area contributed by atoms with Gasteiger partial charge in [-0.05, 0) is 50.0 Å². The zero-order valence-electron chi connectivity index (χ0n) is 15.9. The second kappa shape index (κ2) is 7.94. The highest BCUT2D eigenvalue weighted by Gasteiger charge is 2.40. The molecule has 6 heteroatoms. The molecule has 3 heterocycles. The van der Waals surface area contributed by atoms with Crippen LogP contribution in [0, 0.1) is 17.3 Å². The molecule has 1 unspecified atom stereocenters. The van der Waals surface area contributed by atoms with E-state index in [2.05, 4.69) is 29.4 Å². The van der Waals surface area contributed by atoms with Crippen molar-refractivity contribution in [2.75, 3.05) is 45.8 Å². The van der Waals surface area contributed by atoms with Crippen LogP contribution < -0.4 is 10.6 Å². The van der Waals surface area contributed by atoms with E-state index < -0.39 is 0 Å². The number of likely N-dealkylation sites (tertiary alicyclic amines) is 2. The molecule has 3 rings (SSSR count). The summed E-state index contributed by atoms with van der Waals surface area (Å²) in [6.45, 7) is 10.2. The van der Waals surface area contributed by atoms with E-state index in [1.165, 1.54) is 6.42 Å². The Kier molecular flexibility index (Phi) is 5.87. The monoisotopic (exact) mass is 350 g/mol. The number of urea groups is 1. The van der Waals surface area contributed by atoms with Crippen LogP contribution in [0.2, 0.25) is 0 Å². The van der Waals surface area contributed by atoms with Gasteiger partial charge in [0.1, 0.15) is 0 Å². The van der Waals surface area contributed by atoms with Crippen LogP contribution in [0.15, 0.2) is 0 Å². The number of amides is 3. The van der Waals surface area contributed by atoms with Crippen molar-refractivity contribution in [1.29, 1.82) is 0 Å². The van der Waals surface area contributed by atoms with Crippen LogP contribution in [0.3, 0.4) is 0 Å². The van der Waals surface area contributed by atoms with Crippen LogP contribution >= 0.6 is 0 Å². The van der Waals surface area contributed by atoms with Crippen molar-refractivity contribution in [3.05, 3.63) is 0 Å². The Labute approximate surface area is 151 Å². The molecule has 3 saturated heterocycles. The van der Waals surface area contributed by atoms with E-state index in [1.807, 2.05) is 4.90 Å². The minimum Gasteiger partial charge on any atom is -0.342 e. The molecule has 0 aliphatic carbocycles. The van der Waals surface area contributed by atoms with Crippen molar-refractivity contribution >= 4 is 11.9 Å². The smallest absolute Gasteiger partial charge is 0.317 e. The maximum atomic E-state index is 12.9. The lowest BCUT2D eigenvalue weighted by Gasteiger charge is -2.41. The number of hydrogen-bond donors (Lipinski definition) is 2. The molecule has 142 valence electrons. The number of rotatable bonds is 3. The number of nitrogens with one attached hydrogen (secondary N) is 2. The first-order chi connectivity index (χ1) is 12.0. The summed E-state index contributed by atoms with van der Waals surface area (Å²) in [6.07, 6.45) is 5.33. The zero-order valence-corrected chi connectivity index (χ0v) is 15.9. The summed E-state index contributed by atoms with van der Waals surface area (Å²) in [5.74, 6) is 0.688. The molecule has 0 aromatic carbocycles. The molecule has 6 nitrogen and oxygen atoms in total. The van der Waals surface area contributed by atoms with Gasteiger partial charge in [0, 0.05) is 39.3 Å². The summed E-state index contributed by atoms with van der Waals surface area (Å²) >= 11 is 0. The molecule has 3 aliphatic heterocycles. The summed E-state index contributed by atoms with van der Waals surface area (Å²) in [5, 5.41) is 6.45. The summed E-state index contributed by atoms with van der Waals surface area (Å²) in [5.41, 5.74) is 0.437. The quantitative estimate of drug-likeness (QED) is 0.814. The third kappa shape index (κ3) is 4.46. The van der Waals surface area contributed by atoms with E-state index in [4.69, 9.17) is 0 Å². The highest BCUT2D eigenvalue weighted by atomic mass is 16.2. The summed E-state index contributed by atoms with van der Waals surface area (Å²) in [6, 6.07) is -0.0131. The lowest BCUT2D eigenvalue weighted by Crippen LogP contribution is -2.52. The van der Waals surface area contributed by atoms with Gasteiger partial charge in [0.15, 0.2) is 0 Å². The van der Waals surface area contributed by atoms with Crippen LogP contribution in [-0.4, -0.2) is 67.6 Å². The molecule has 0 bridgehead atoms. The Hall–Kier alpha value is -1.30. The Morgan fingerprint density at radius 1 is 1.16 bits per heavy atom. The van der Waals surface area contributed by atoms with Gasteiger partial charge in [-0.1, -0.05) is 13.8 Å². The maximum absolute atomic E-state index is 12.9. The van der Waals surface area contributed by atoms with Crippen LogP contribution in [-0.2, 0) is 4.79 Å². The van der Waals surface area contributed by atoms with E-state index in [0.29, 0.717) is 24.4 Å². The Morgan fingerprint density at radius 2 is 1.92 bits per heavy atom. The minimum absolute atomic E-state index is 0.0131. The topological polar surface area (TPSA) is 64.7 Å². The van der Waals surface area contributed by atoms with E-state index >= 15 is 0 Å². The van der Waals surface area contributed by atoms with Gasteiger partial charge in [-0.3, -0.25) is 4.79 Å². The first-order valence-electron chi connectivity index (χ1n) is 10.0. The van der Waals surface area contributed by atoms with Gasteiger partial charge in [0.2, 0.25) is 5.91 Å². The van der Waals surface area contributed by atoms with E-state index in [9.17, 15) is 9.59 Å². The first kappa shape index (κ1) is 18.5. The average Bonchev–Trinajstić information content (AvgIpc) is 3.08. The van der Waals surface area contributed by atoms with E-state index in [0.717, 1.165) is 58.4 Å². The highest BCUT2D eigenvalue weighted by Crippen LogP contribution is 2.37. The molecule has 3 aliphatic rings. The summed E-state index contributed by atoms with van der Waals surface area (Å²) in [7, 11) is 0. The van der Waals surface area contributed by atoms with Crippen molar-refractivity contribution in [3.63, 3.8) is 0 Å². The molecule has 2 N–H and O–H groups in total. The maximum Gasteiger partial charge on any atom is 0.317 e. The van der Waals surface area contributed by atoms with Crippen LogP contribution in [0.25, 0.3) is 0 Å². The molecular formula is C19H34N4O2. The van der Waals surface area contributed by atoms with Crippen molar-refractivity contribution in [3.8, 4) is 0 Å². The standard InChI is InChI=1S/C19H34N4O2/c1-15(2)12-21-18(25)23-9-3-4-16(13-23)17(24)22-10-6-19(7-11-22)5-8-20-14-19/h15-16,20H,3-14H2,1-2H3,(H,21,25). The van der Waals surface area contributed by atoms with Crippen molar-refractivity contribution < 1.29 is 9.59 Å². The van der Waals surface area contributed by atoms with Gasteiger partial charge in [-0.2, -0.15) is 0 Å².